The monoisotopic (exact) mass is 409 g/mol. The lowest BCUT2D eigenvalue weighted by Crippen LogP contribution is -1.96. The van der Waals surface area contributed by atoms with Crippen LogP contribution in [0.25, 0.3) is 21.3 Å². The summed E-state index contributed by atoms with van der Waals surface area (Å²) in [6.45, 7) is 4.40. The van der Waals surface area contributed by atoms with Crippen LogP contribution in [0, 0.1) is 0 Å². The molecule has 4 rings (SSSR count). The third kappa shape index (κ3) is 3.55. The molecule has 0 fully saturated rings. The van der Waals surface area contributed by atoms with Crippen molar-refractivity contribution in [3.63, 3.8) is 0 Å². The normalized spacial score (nSPS) is 11.2. The van der Waals surface area contributed by atoms with E-state index in [2.05, 4.69) is 58.8 Å². The summed E-state index contributed by atoms with van der Waals surface area (Å²) in [7, 11) is 1.60. The van der Waals surface area contributed by atoms with Gasteiger partial charge in [0.15, 0.2) is 0 Å². The Labute approximate surface area is 173 Å². The Balaban J connectivity index is 1.75. The van der Waals surface area contributed by atoms with E-state index < -0.39 is 0 Å². The van der Waals surface area contributed by atoms with Crippen LogP contribution in [-0.2, 0) is 0 Å². The lowest BCUT2D eigenvalue weighted by Gasteiger charge is -2.11. The number of fused-ring (bicyclic) bond motifs is 1. The van der Waals surface area contributed by atoms with Crippen molar-refractivity contribution < 1.29 is 4.74 Å². The van der Waals surface area contributed by atoms with Gasteiger partial charge in [0.1, 0.15) is 22.7 Å². The van der Waals surface area contributed by atoms with Gasteiger partial charge >= 0.3 is 0 Å². The fourth-order valence-corrected chi connectivity index (χ4v) is 4.28. The number of rotatable bonds is 5. The molecule has 2 heterocycles. The van der Waals surface area contributed by atoms with Crippen LogP contribution in [0.3, 0.4) is 0 Å². The van der Waals surface area contributed by atoms with Gasteiger partial charge in [-0.05, 0) is 35.2 Å². The summed E-state index contributed by atoms with van der Waals surface area (Å²) in [5, 5.41) is 7.07. The van der Waals surface area contributed by atoms with Crippen LogP contribution in [-0.4, -0.2) is 17.1 Å². The number of halogens is 1. The van der Waals surface area contributed by atoms with Crippen molar-refractivity contribution in [3.05, 3.63) is 64.8 Å². The van der Waals surface area contributed by atoms with Crippen LogP contribution in [0.5, 0.6) is 5.75 Å². The smallest absolute Gasteiger partial charge is 0.143 e. The minimum absolute atomic E-state index is 0.508. The van der Waals surface area contributed by atoms with E-state index >= 15 is 0 Å². The molecule has 0 atom stereocenters. The highest BCUT2D eigenvalue weighted by atomic mass is 35.5. The Bertz CT molecular complexity index is 1120. The Morgan fingerprint density at radius 1 is 1.07 bits per heavy atom. The van der Waals surface area contributed by atoms with Gasteiger partial charge in [-0.15, -0.1) is 11.3 Å². The maximum atomic E-state index is 6.26. The number of nitrogens with zero attached hydrogens (tertiary/aromatic N) is 2. The topological polar surface area (TPSA) is 47.0 Å². The first-order chi connectivity index (χ1) is 13.6. The van der Waals surface area contributed by atoms with Crippen LogP contribution in [0.2, 0.25) is 5.02 Å². The third-order valence-corrected chi connectivity index (χ3v) is 5.85. The number of anilines is 2. The predicted molar refractivity (Wildman–Crippen MR) is 118 cm³/mol. The van der Waals surface area contributed by atoms with E-state index in [0.717, 1.165) is 32.8 Å². The Morgan fingerprint density at radius 3 is 2.54 bits per heavy atom. The van der Waals surface area contributed by atoms with E-state index in [4.69, 9.17) is 16.3 Å². The first kappa shape index (κ1) is 18.7. The standard InChI is InChI=1S/C22H20ClN3OS/c1-13(2)14-4-6-15(7-5-14)17-11-28-22-20(17)21(24-12-25-22)26-16-8-9-19(27-3)18(23)10-16/h4-13H,1-3H3,(H,24,25,26). The Kier molecular flexibility index (Phi) is 5.20. The first-order valence-corrected chi connectivity index (χ1v) is 10.3. The average molecular weight is 410 g/mol. The average Bonchev–Trinajstić information content (AvgIpc) is 3.13. The van der Waals surface area contributed by atoms with Crippen molar-refractivity contribution in [1.29, 1.82) is 0 Å². The molecule has 0 aliphatic carbocycles. The fraction of sp³-hybridized carbons (Fsp3) is 0.182. The molecule has 1 N–H and O–H groups in total. The molecule has 0 amide bonds. The van der Waals surface area contributed by atoms with Crippen molar-refractivity contribution in [2.45, 2.75) is 19.8 Å². The quantitative estimate of drug-likeness (QED) is 0.390. The van der Waals surface area contributed by atoms with E-state index in [1.807, 2.05) is 18.2 Å². The molecule has 4 nitrogen and oxygen atoms in total. The van der Waals surface area contributed by atoms with E-state index in [0.29, 0.717) is 16.7 Å². The number of ether oxygens (including phenoxy) is 1. The predicted octanol–water partition coefficient (Wildman–Crippen LogP) is 6.89. The van der Waals surface area contributed by atoms with Crippen LogP contribution in [0.15, 0.2) is 54.2 Å². The highest BCUT2D eigenvalue weighted by molar-refractivity contribution is 7.17. The van der Waals surface area contributed by atoms with Crippen LogP contribution in [0.1, 0.15) is 25.3 Å². The highest BCUT2D eigenvalue weighted by Crippen LogP contribution is 2.38. The van der Waals surface area contributed by atoms with Gasteiger partial charge in [-0.25, -0.2) is 9.97 Å². The summed E-state index contributed by atoms with van der Waals surface area (Å²) in [4.78, 5) is 9.87. The minimum Gasteiger partial charge on any atom is -0.495 e. The van der Waals surface area contributed by atoms with Crippen molar-refractivity contribution in [2.24, 2.45) is 0 Å². The molecule has 0 spiro atoms. The van der Waals surface area contributed by atoms with E-state index in [9.17, 15) is 0 Å². The van der Waals surface area contributed by atoms with E-state index in [1.54, 1.807) is 24.8 Å². The van der Waals surface area contributed by atoms with Gasteiger partial charge in [-0.1, -0.05) is 49.7 Å². The van der Waals surface area contributed by atoms with Gasteiger partial charge < -0.3 is 10.1 Å². The van der Waals surface area contributed by atoms with Crippen molar-refractivity contribution >= 4 is 44.7 Å². The Morgan fingerprint density at radius 2 is 1.86 bits per heavy atom. The molecule has 6 heteroatoms. The van der Waals surface area contributed by atoms with Crippen molar-refractivity contribution in [1.82, 2.24) is 9.97 Å². The second kappa shape index (κ2) is 7.78. The zero-order chi connectivity index (χ0) is 19.7. The van der Waals surface area contributed by atoms with Gasteiger partial charge in [-0.3, -0.25) is 0 Å². The Hall–Kier alpha value is -2.63. The molecule has 0 bridgehead atoms. The molecule has 28 heavy (non-hydrogen) atoms. The largest absolute Gasteiger partial charge is 0.495 e. The van der Waals surface area contributed by atoms with Gasteiger partial charge in [0.2, 0.25) is 0 Å². The van der Waals surface area contributed by atoms with Crippen LogP contribution >= 0.6 is 22.9 Å². The summed E-state index contributed by atoms with van der Waals surface area (Å²) >= 11 is 7.88. The summed E-state index contributed by atoms with van der Waals surface area (Å²) in [5.74, 6) is 1.91. The van der Waals surface area contributed by atoms with Crippen LogP contribution < -0.4 is 10.1 Å². The molecule has 0 saturated carbocycles. The summed E-state index contributed by atoms with van der Waals surface area (Å²) < 4.78 is 5.23. The SMILES string of the molecule is COc1ccc(Nc2ncnc3scc(-c4ccc(C(C)C)cc4)c23)cc1Cl. The van der Waals surface area contributed by atoms with Gasteiger partial charge in [0.25, 0.3) is 0 Å². The summed E-state index contributed by atoms with van der Waals surface area (Å²) in [5.41, 5.74) is 4.45. The molecule has 2 aromatic heterocycles. The molecule has 0 radical (unpaired) electrons. The number of hydrogen-bond donors (Lipinski definition) is 1. The molecule has 4 aromatic rings. The van der Waals surface area contributed by atoms with Gasteiger partial charge in [-0.2, -0.15) is 0 Å². The molecular weight excluding hydrogens is 390 g/mol. The molecule has 0 saturated heterocycles. The fourth-order valence-electron chi connectivity index (χ4n) is 3.11. The van der Waals surface area contributed by atoms with Crippen molar-refractivity contribution in [2.75, 3.05) is 12.4 Å². The second-order valence-corrected chi connectivity index (χ2v) is 8.07. The van der Waals surface area contributed by atoms with Crippen LogP contribution in [0.4, 0.5) is 11.5 Å². The molecule has 142 valence electrons. The zero-order valence-electron chi connectivity index (χ0n) is 15.9. The third-order valence-electron chi connectivity index (χ3n) is 4.67. The number of benzene rings is 2. The highest BCUT2D eigenvalue weighted by Gasteiger charge is 2.14. The molecule has 0 aliphatic heterocycles. The van der Waals surface area contributed by atoms with Crippen molar-refractivity contribution in [3.8, 4) is 16.9 Å². The molecule has 0 aliphatic rings. The molecule has 0 unspecified atom stereocenters. The summed E-state index contributed by atoms with van der Waals surface area (Å²) in [6, 6.07) is 14.3. The summed E-state index contributed by atoms with van der Waals surface area (Å²) in [6.07, 6.45) is 1.58. The lowest BCUT2D eigenvalue weighted by molar-refractivity contribution is 0.415. The second-order valence-electron chi connectivity index (χ2n) is 6.80. The lowest BCUT2D eigenvalue weighted by atomic mass is 9.99. The number of thiophene rings is 1. The number of methoxy groups -OCH3 is 1. The zero-order valence-corrected chi connectivity index (χ0v) is 17.4. The molecular formula is C22H20ClN3OS. The van der Waals surface area contributed by atoms with Gasteiger partial charge in [0, 0.05) is 16.6 Å². The maximum absolute atomic E-state index is 6.26. The minimum atomic E-state index is 0.508. The van der Waals surface area contributed by atoms with E-state index in [1.165, 1.54) is 5.56 Å². The van der Waals surface area contributed by atoms with E-state index in [-0.39, 0.29) is 0 Å². The van der Waals surface area contributed by atoms with Gasteiger partial charge in [0.05, 0.1) is 17.5 Å². The first-order valence-electron chi connectivity index (χ1n) is 9.00. The molecule has 2 aromatic carbocycles. The number of aromatic nitrogens is 2. The number of nitrogens with one attached hydrogen (secondary N) is 1. The number of hydrogen-bond acceptors (Lipinski definition) is 5. The maximum Gasteiger partial charge on any atom is 0.143 e.